The maximum atomic E-state index is 13.6. The lowest BCUT2D eigenvalue weighted by atomic mass is 9.90. The average molecular weight is 232 g/mol. The molecule has 15 heavy (non-hydrogen) atoms. The molecule has 1 aromatic rings. The Morgan fingerprint density at radius 3 is 2.67 bits per heavy atom. The molecular formula is C11H12ClF2N. The van der Waals surface area contributed by atoms with E-state index in [9.17, 15) is 8.78 Å². The van der Waals surface area contributed by atoms with Crippen LogP contribution in [0.2, 0.25) is 5.02 Å². The number of hydrogen-bond donors (Lipinski definition) is 1. The van der Waals surface area contributed by atoms with Gasteiger partial charge in [0.2, 0.25) is 0 Å². The van der Waals surface area contributed by atoms with Crippen molar-refractivity contribution in [3.05, 3.63) is 34.4 Å². The molecule has 1 fully saturated rings. The van der Waals surface area contributed by atoms with E-state index in [2.05, 4.69) is 5.32 Å². The summed E-state index contributed by atoms with van der Waals surface area (Å²) in [6.07, 6.45) is 1.83. The van der Waals surface area contributed by atoms with E-state index in [1.54, 1.807) is 0 Å². The summed E-state index contributed by atoms with van der Waals surface area (Å²) in [6, 6.07) is 2.23. The summed E-state index contributed by atoms with van der Waals surface area (Å²) >= 11 is 5.66. The zero-order valence-electron chi connectivity index (χ0n) is 8.41. The van der Waals surface area contributed by atoms with Crippen molar-refractivity contribution >= 4 is 11.6 Å². The fourth-order valence-corrected chi connectivity index (χ4v) is 2.23. The summed E-state index contributed by atoms with van der Waals surface area (Å²) in [7, 11) is 0. The van der Waals surface area contributed by atoms with Crippen molar-refractivity contribution in [2.24, 2.45) is 0 Å². The van der Waals surface area contributed by atoms with Gasteiger partial charge >= 0.3 is 0 Å². The molecule has 1 saturated heterocycles. The van der Waals surface area contributed by atoms with Gasteiger partial charge in [0, 0.05) is 17.2 Å². The van der Waals surface area contributed by atoms with Gasteiger partial charge in [0.15, 0.2) is 0 Å². The standard InChI is InChI=1S/C11H12ClF2N/c1-11(3-2-4-15-11)7-5-8(12)10(14)6-9(7)13/h5-6,15H,2-4H2,1H3. The minimum Gasteiger partial charge on any atom is -0.308 e. The fraction of sp³-hybridized carbons (Fsp3) is 0.455. The van der Waals surface area contributed by atoms with E-state index < -0.39 is 17.2 Å². The molecule has 2 rings (SSSR count). The lowest BCUT2D eigenvalue weighted by molar-refractivity contribution is 0.408. The van der Waals surface area contributed by atoms with Crippen molar-refractivity contribution in [1.29, 1.82) is 0 Å². The summed E-state index contributed by atoms with van der Waals surface area (Å²) in [6.45, 7) is 2.76. The van der Waals surface area contributed by atoms with Crippen molar-refractivity contribution in [2.75, 3.05) is 6.54 Å². The van der Waals surface area contributed by atoms with Gasteiger partial charge < -0.3 is 5.32 Å². The Morgan fingerprint density at radius 2 is 2.07 bits per heavy atom. The van der Waals surface area contributed by atoms with E-state index in [-0.39, 0.29) is 5.02 Å². The minimum atomic E-state index is -0.709. The van der Waals surface area contributed by atoms with Crippen LogP contribution in [0.25, 0.3) is 0 Å². The number of nitrogens with one attached hydrogen (secondary N) is 1. The molecule has 0 amide bonds. The molecule has 1 N–H and O–H groups in total. The molecule has 1 aromatic carbocycles. The zero-order valence-corrected chi connectivity index (χ0v) is 9.17. The fourth-order valence-electron chi connectivity index (χ4n) is 2.07. The van der Waals surface area contributed by atoms with Crippen LogP contribution in [0, 0.1) is 11.6 Å². The van der Waals surface area contributed by atoms with Gasteiger partial charge in [-0.15, -0.1) is 0 Å². The van der Waals surface area contributed by atoms with E-state index in [0.29, 0.717) is 5.56 Å². The van der Waals surface area contributed by atoms with Crippen LogP contribution in [0.5, 0.6) is 0 Å². The van der Waals surface area contributed by atoms with Gasteiger partial charge in [-0.1, -0.05) is 11.6 Å². The Morgan fingerprint density at radius 1 is 1.33 bits per heavy atom. The van der Waals surface area contributed by atoms with Crippen molar-refractivity contribution in [3.8, 4) is 0 Å². The van der Waals surface area contributed by atoms with Crippen LogP contribution in [0.4, 0.5) is 8.78 Å². The molecule has 1 atom stereocenters. The number of halogens is 3. The minimum absolute atomic E-state index is 0.0266. The molecule has 1 nitrogen and oxygen atoms in total. The Kier molecular flexibility index (Phi) is 2.69. The number of hydrogen-bond acceptors (Lipinski definition) is 1. The Hall–Kier alpha value is -0.670. The van der Waals surface area contributed by atoms with Crippen molar-refractivity contribution in [2.45, 2.75) is 25.3 Å². The third-order valence-corrected chi connectivity index (χ3v) is 3.26. The van der Waals surface area contributed by atoms with Gasteiger partial charge in [-0.2, -0.15) is 0 Å². The monoisotopic (exact) mass is 231 g/mol. The van der Waals surface area contributed by atoms with E-state index in [1.165, 1.54) is 6.07 Å². The molecule has 4 heteroatoms. The van der Waals surface area contributed by atoms with E-state index in [0.717, 1.165) is 25.5 Å². The van der Waals surface area contributed by atoms with E-state index in [4.69, 9.17) is 11.6 Å². The lowest BCUT2D eigenvalue weighted by Crippen LogP contribution is -2.34. The van der Waals surface area contributed by atoms with Gasteiger partial charge in [-0.3, -0.25) is 0 Å². The van der Waals surface area contributed by atoms with Crippen LogP contribution in [0.1, 0.15) is 25.3 Å². The molecule has 0 bridgehead atoms. The van der Waals surface area contributed by atoms with Crippen molar-refractivity contribution in [1.82, 2.24) is 5.32 Å². The van der Waals surface area contributed by atoms with Crippen molar-refractivity contribution < 1.29 is 8.78 Å². The SMILES string of the molecule is CC1(c2cc(Cl)c(F)cc2F)CCCN1. The maximum absolute atomic E-state index is 13.6. The van der Waals surface area contributed by atoms with Crippen molar-refractivity contribution in [3.63, 3.8) is 0 Å². The molecule has 82 valence electrons. The highest BCUT2D eigenvalue weighted by Crippen LogP contribution is 2.34. The summed E-state index contributed by atoms with van der Waals surface area (Å²) < 4.78 is 26.6. The second kappa shape index (κ2) is 3.72. The summed E-state index contributed by atoms with van der Waals surface area (Å²) in [4.78, 5) is 0. The first-order valence-corrected chi connectivity index (χ1v) is 5.31. The smallest absolute Gasteiger partial charge is 0.144 e. The average Bonchev–Trinajstić information content (AvgIpc) is 2.60. The van der Waals surface area contributed by atoms with Crippen LogP contribution in [-0.2, 0) is 5.54 Å². The van der Waals surface area contributed by atoms with Crippen LogP contribution < -0.4 is 5.32 Å². The third-order valence-electron chi connectivity index (χ3n) is 2.97. The molecule has 0 spiro atoms. The second-order valence-electron chi connectivity index (χ2n) is 4.11. The van der Waals surface area contributed by atoms with Gasteiger partial charge in [0.25, 0.3) is 0 Å². The molecule has 0 radical (unpaired) electrons. The van der Waals surface area contributed by atoms with Crippen LogP contribution in [-0.4, -0.2) is 6.54 Å². The molecule has 0 aliphatic carbocycles. The van der Waals surface area contributed by atoms with E-state index in [1.807, 2.05) is 6.92 Å². The Labute approximate surface area is 92.4 Å². The summed E-state index contributed by atoms with van der Waals surface area (Å²) in [5, 5.41) is 3.19. The molecule has 1 heterocycles. The topological polar surface area (TPSA) is 12.0 Å². The van der Waals surface area contributed by atoms with Crippen LogP contribution in [0.15, 0.2) is 12.1 Å². The quantitative estimate of drug-likeness (QED) is 0.732. The highest BCUT2D eigenvalue weighted by Gasteiger charge is 2.33. The van der Waals surface area contributed by atoms with Gasteiger partial charge in [-0.25, -0.2) is 8.78 Å². The molecule has 0 saturated carbocycles. The number of benzene rings is 1. The second-order valence-corrected chi connectivity index (χ2v) is 4.52. The van der Waals surface area contributed by atoms with Crippen LogP contribution in [0.3, 0.4) is 0 Å². The predicted octanol–water partition coefficient (Wildman–Crippen LogP) is 3.22. The molecule has 0 aromatic heterocycles. The predicted molar refractivity (Wildman–Crippen MR) is 56.0 cm³/mol. The number of rotatable bonds is 1. The van der Waals surface area contributed by atoms with Gasteiger partial charge in [0.05, 0.1) is 5.02 Å². The highest BCUT2D eigenvalue weighted by atomic mass is 35.5. The Bertz CT molecular complexity index is 386. The Balaban J connectivity index is 2.48. The highest BCUT2D eigenvalue weighted by molar-refractivity contribution is 6.30. The molecule has 1 aliphatic rings. The molecule has 1 aliphatic heterocycles. The molecule has 1 unspecified atom stereocenters. The first-order chi connectivity index (χ1) is 7.03. The van der Waals surface area contributed by atoms with E-state index >= 15 is 0 Å². The van der Waals surface area contributed by atoms with Gasteiger partial charge in [0.1, 0.15) is 11.6 Å². The molecular weight excluding hydrogens is 220 g/mol. The zero-order chi connectivity index (χ0) is 11.1. The summed E-state index contributed by atoms with van der Waals surface area (Å²) in [5.41, 5.74) is 0.0351. The maximum Gasteiger partial charge on any atom is 0.144 e. The third kappa shape index (κ3) is 1.86. The lowest BCUT2D eigenvalue weighted by Gasteiger charge is -2.25. The first-order valence-electron chi connectivity index (χ1n) is 4.93. The first kappa shape index (κ1) is 10.8. The summed E-state index contributed by atoms with van der Waals surface area (Å²) in [5.74, 6) is -1.24. The largest absolute Gasteiger partial charge is 0.308 e. The van der Waals surface area contributed by atoms with Gasteiger partial charge in [-0.05, 0) is 32.4 Å². The van der Waals surface area contributed by atoms with Crippen LogP contribution >= 0.6 is 11.6 Å². The normalized spacial score (nSPS) is 25.9.